The Hall–Kier alpha value is -3.65. The fourth-order valence-corrected chi connectivity index (χ4v) is 2.95. The van der Waals surface area contributed by atoms with Crippen LogP contribution in [0.1, 0.15) is 34.1 Å². The zero-order chi connectivity index (χ0) is 19.6. The van der Waals surface area contributed by atoms with E-state index in [1.807, 2.05) is 6.07 Å². The molecule has 0 bridgehead atoms. The summed E-state index contributed by atoms with van der Waals surface area (Å²) in [4.78, 5) is 31.1. The second-order valence-electron chi connectivity index (χ2n) is 6.00. The van der Waals surface area contributed by atoms with Crippen molar-refractivity contribution < 1.29 is 9.18 Å². The molecule has 1 amide bonds. The van der Waals surface area contributed by atoms with Gasteiger partial charge in [0.15, 0.2) is 0 Å². The third-order valence-corrected chi connectivity index (χ3v) is 4.37. The number of fused-ring (bicyclic) bond motifs is 1. The number of anilines is 1. The number of aromatic nitrogens is 2. The van der Waals surface area contributed by atoms with E-state index in [-0.39, 0.29) is 42.3 Å². The lowest BCUT2D eigenvalue weighted by Crippen LogP contribution is -2.41. The molecule has 136 valence electrons. The predicted octanol–water partition coefficient (Wildman–Crippen LogP) is 1.06. The number of carbonyl (C=O) groups excluding carboxylic acids is 1. The van der Waals surface area contributed by atoms with Gasteiger partial charge < -0.3 is 10.6 Å². The smallest absolute Gasteiger partial charge is 0.261 e. The van der Waals surface area contributed by atoms with E-state index in [0.29, 0.717) is 17.7 Å². The first kappa shape index (κ1) is 18.2. The topological polar surface area (TPSA) is 105 Å². The van der Waals surface area contributed by atoms with E-state index in [0.717, 1.165) is 6.07 Å². The normalized spacial score (nSPS) is 12.6. The molecule has 0 saturated heterocycles. The Morgan fingerprint density at radius 2 is 2.22 bits per heavy atom. The van der Waals surface area contributed by atoms with Gasteiger partial charge in [0.2, 0.25) is 5.95 Å². The zero-order valence-electron chi connectivity index (χ0n) is 14.6. The largest absolute Gasteiger partial charge is 0.369 e. The van der Waals surface area contributed by atoms with E-state index in [1.165, 1.54) is 21.6 Å². The van der Waals surface area contributed by atoms with Crippen molar-refractivity contribution in [3.8, 4) is 17.9 Å². The number of nitriles is 1. The Morgan fingerprint density at radius 1 is 1.44 bits per heavy atom. The molecule has 0 radical (unpaired) electrons. The summed E-state index contributed by atoms with van der Waals surface area (Å²) in [7, 11) is 0. The molecular weight excluding hydrogens is 349 g/mol. The van der Waals surface area contributed by atoms with Gasteiger partial charge in [-0.3, -0.25) is 14.2 Å². The number of halogens is 1. The van der Waals surface area contributed by atoms with Crippen molar-refractivity contribution in [2.24, 2.45) is 0 Å². The minimum Gasteiger partial charge on any atom is -0.369 e. The van der Waals surface area contributed by atoms with Gasteiger partial charge in [-0.1, -0.05) is 5.92 Å². The van der Waals surface area contributed by atoms with Crippen LogP contribution in [0.5, 0.6) is 0 Å². The highest BCUT2D eigenvalue weighted by molar-refractivity contribution is 5.94. The number of hydrogen-bond donors (Lipinski definition) is 1. The number of nitrogens with two attached hydrogens (primary N) is 1. The Balaban J connectivity index is 1.93. The first-order valence-electron chi connectivity index (χ1n) is 8.22. The van der Waals surface area contributed by atoms with E-state index in [2.05, 4.69) is 16.8 Å². The van der Waals surface area contributed by atoms with Crippen molar-refractivity contribution in [2.45, 2.75) is 26.4 Å². The summed E-state index contributed by atoms with van der Waals surface area (Å²) in [6, 6.07) is 5.50. The Kier molecular flexibility index (Phi) is 4.91. The van der Waals surface area contributed by atoms with Crippen LogP contribution in [0.15, 0.2) is 23.0 Å². The van der Waals surface area contributed by atoms with Gasteiger partial charge in [0, 0.05) is 13.0 Å². The second kappa shape index (κ2) is 7.30. The molecule has 0 aliphatic carbocycles. The van der Waals surface area contributed by atoms with E-state index in [4.69, 9.17) is 11.0 Å². The maximum absolute atomic E-state index is 14.2. The minimum absolute atomic E-state index is 0.0132. The van der Waals surface area contributed by atoms with Crippen molar-refractivity contribution in [3.05, 3.63) is 56.8 Å². The number of carbonyl (C=O) groups is 1. The maximum Gasteiger partial charge on any atom is 0.261 e. The number of nitrogen functional groups attached to an aromatic ring is 1. The second-order valence-corrected chi connectivity index (χ2v) is 6.00. The van der Waals surface area contributed by atoms with Crippen molar-refractivity contribution in [1.82, 2.24) is 14.5 Å². The molecule has 1 aromatic heterocycles. The van der Waals surface area contributed by atoms with E-state index in [9.17, 15) is 14.0 Å². The maximum atomic E-state index is 14.2. The van der Waals surface area contributed by atoms with Crippen molar-refractivity contribution >= 4 is 11.9 Å². The van der Waals surface area contributed by atoms with Gasteiger partial charge in [0.25, 0.3) is 11.5 Å². The molecule has 2 N–H and O–H groups in total. The van der Waals surface area contributed by atoms with E-state index < -0.39 is 11.7 Å². The Morgan fingerprint density at radius 3 is 2.89 bits per heavy atom. The third-order valence-electron chi connectivity index (χ3n) is 4.37. The van der Waals surface area contributed by atoms with Crippen molar-refractivity contribution in [2.75, 3.05) is 12.3 Å². The number of hydrogen-bond acceptors (Lipinski definition) is 5. The van der Waals surface area contributed by atoms with Gasteiger partial charge in [0.1, 0.15) is 5.82 Å². The quantitative estimate of drug-likeness (QED) is 0.801. The molecule has 2 aromatic rings. The molecule has 3 rings (SSSR count). The van der Waals surface area contributed by atoms with Crippen LogP contribution < -0.4 is 11.3 Å². The van der Waals surface area contributed by atoms with Gasteiger partial charge in [-0.25, -0.2) is 9.37 Å². The van der Waals surface area contributed by atoms with Crippen LogP contribution >= 0.6 is 0 Å². The minimum atomic E-state index is -0.768. The zero-order valence-corrected chi connectivity index (χ0v) is 14.6. The highest BCUT2D eigenvalue weighted by Crippen LogP contribution is 2.19. The van der Waals surface area contributed by atoms with Crippen LogP contribution in [0.4, 0.5) is 10.3 Å². The van der Waals surface area contributed by atoms with Crippen molar-refractivity contribution in [1.29, 1.82) is 5.26 Å². The van der Waals surface area contributed by atoms with Gasteiger partial charge in [0.05, 0.1) is 41.5 Å². The molecule has 1 aromatic carbocycles. The molecule has 0 unspecified atom stereocenters. The fraction of sp³-hybridized carbons (Fsp3) is 0.263. The molecule has 0 atom stereocenters. The molecular formula is C19H16FN5O2. The summed E-state index contributed by atoms with van der Waals surface area (Å²) in [6.45, 7) is 2.06. The van der Waals surface area contributed by atoms with Crippen LogP contribution in [0.2, 0.25) is 0 Å². The van der Waals surface area contributed by atoms with Gasteiger partial charge in [-0.2, -0.15) is 5.26 Å². The predicted molar refractivity (Wildman–Crippen MR) is 95.9 cm³/mol. The SMILES string of the molecule is CC#CCn1c(N)nc2c(c1=O)CN(C(=O)c1ccc(C#N)cc1F)CC2. The number of amides is 1. The molecule has 27 heavy (non-hydrogen) atoms. The van der Waals surface area contributed by atoms with Gasteiger partial charge >= 0.3 is 0 Å². The first-order chi connectivity index (χ1) is 13.0. The number of nitrogens with zero attached hydrogens (tertiary/aromatic N) is 4. The first-order valence-corrected chi connectivity index (χ1v) is 8.22. The summed E-state index contributed by atoms with van der Waals surface area (Å²) in [5.41, 5.74) is 6.39. The molecule has 0 fully saturated rings. The van der Waals surface area contributed by atoms with Crippen LogP contribution in [0.3, 0.4) is 0 Å². The highest BCUT2D eigenvalue weighted by Gasteiger charge is 2.27. The number of benzene rings is 1. The van der Waals surface area contributed by atoms with Crippen LogP contribution in [0, 0.1) is 29.0 Å². The Labute approximate surface area is 154 Å². The van der Waals surface area contributed by atoms with Crippen molar-refractivity contribution in [3.63, 3.8) is 0 Å². The lowest BCUT2D eigenvalue weighted by Gasteiger charge is -2.28. The average Bonchev–Trinajstić information content (AvgIpc) is 2.67. The summed E-state index contributed by atoms with van der Waals surface area (Å²) in [6.07, 6.45) is 0.346. The lowest BCUT2D eigenvalue weighted by molar-refractivity contribution is 0.0727. The monoisotopic (exact) mass is 365 g/mol. The number of rotatable bonds is 2. The standard InChI is InChI=1S/C19H16FN5O2/c1-2-3-7-25-18(27)14-11-24(8-6-16(14)23-19(25)22)17(26)13-5-4-12(10-21)9-15(13)20/h4-5,9H,6-8,11H2,1H3,(H2,22,23). The van der Waals surface area contributed by atoms with Crippen LogP contribution in [-0.2, 0) is 19.5 Å². The lowest BCUT2D eigenvalue weighted by atomic mass is 10.0. The summed E-state index contributed by atoms with van der Waals surface area (Å²) in [5, 5.41) is 8.81. The van der Waals surface area contributed by atoms with E-state index in [1.54, 1.807) is 6.92 Å². The molecule has 2 heterocycles. The highest BCUT2D eigenvalue weighted by atomic mass is 19.1. The molecule has 0 saturated carbocycles. The fourth-order valence-electron chi connectivity index (χ4n) is 2.95. The molecule has 0 spiro atoms. The Bertz CT molecular complexity index is 1090. The summed E-state index contributed by atoms with van der Waals surface area (Å²) >= 11 is 0. The van der Waals surface area contributed by atoms with Gasteiger partial charge in [-0.05, 0) is 25.1 Å². The third kappa shape index (κ3) is 3.38. The summed E-state index contributed by atoms with van der Waals surface area (Å²) in [5.74, 6) is 4.23. The molecule has 8 heteroatoms. The average molecular weight is 365 g/mol. The van der Waals surface area contributed by atoms with E-state index >= 15 is 0 Å². The molecule has 1 aliphatic rings. The molecule has 7 nitrogen and oxygen atoms in total. The van der Waals surface area contributed by atoms with Crippen LogP contribution in [0.25, 0.3) is 0 Å². The molecule has 1 aliphatic heterocycles. The van der Waals surface area contributed by atoms with Gasteiger partial charge in [-0.15, -0.1) is 5.92 Å². The summed E-state index contributed by atoms with van der Waals surface area (Å²) < 4.78 is 15.4. The van der Waals surface area contributed by atoms with Crippen LogP contribution in [-0.4, -0.2) is 26.9 Å².